The van der Waals surface area contributed by atoms with E-state index in [1.165, 1.54) is 13.2 Å². The molecule has 7 nitrogen and oxygen atoms in total. The van der Waals surface area contributed by atoms with Gasteiger partial charge in [-0.2, -0.15) is 0 Å². The number of hydrogen-bond acceptors (Lipinski definition) is 5. The van der Waals surface area contributed by atoms with E-state index in [9.17, 15) is 14.9 Å². The highest BCUT2D eigenvalue weighted by atomic mass is 16.6. The van der Waals surface area contributed by atoms with Crippen molar-refractivity contribution in [3.05, 3.63) is 39.6 Å². The molecule has 0 fully saturated rings. The van der Waals surface area contributed by atoms with Gasteiger partial charge in [-0.15, -0.1) is 0 Å². The van der Waals surface area contributed by atoms with Crippen molar-refractivity contribution in [3.63, 3.8) is 0 Å². The van der Waals surface area contributed by atoms with Gasteiger partial charge in [0, 0.05) is 30.7 Å². The van der Waals surface area contributed by atoms with Gasteiger partial charge in [0.2, 0.25) is 0 Å². The van der Waals surface area contributed by atoms with Gasteiger partial charge in [0.25, 0.3) is 12.2 Å². The maximum atomic E-state index is 11.1. The van der Waals surface area contributed by atoms with Crippen molar-refractivity contribution in [1.29, 1.82) is 0 Å². The van der Waals surface area contributed by atoms with E-state index in [2.05, 4.69) is 4.98 Å². The SMILES string of the molecule is COCC(Cc1cc2c(C)ccc([N+](=O)[O-])c2[nH]1)OC=O. The Labute approximate surface area is 121 Å². The van der Waals surface area contributed by atoms with Crippen LogP contribution in [0.5, 0.6) is 0 Å². The van der Waals surface area contributed by atoms with Crippen LogP contribution in [0.25, 0.3) is 10.9 Å². The number of nitrogens with one attached hydrogen (secondary N) is 1. The lowest BCUT2D eigenvalue weighted by Gasteiger charge is -2.12. The molecular weight excluding hydrogens is 276 g/mol. The van der Waals surface area contributed by atoms with Gasteiger partial charge in [-0.05, 0) is 18.6 Å². The molecule has 2 rings (SSSR count). The highest BCUT2D eigenvalue weighted by Crippen LogP contribution is 2.28. The van der Waals surface area contributed by atoms with E-state index in [-0.39, 0.29) is 12.3 Å². The lowest BCUT2D eigenvalue weighted by molar-refractivity contribution is -0.383. The Morgan fingerprint density at radius 3 is 2.86 bits per heavy atom. The first-order valence-electron chi connectivity index (χ1n) is 6.40. The first-order chi connectivity index (χ1) is 10.1. The van der Waals surface area contributed by atoms with Gasteiger partial charge in [-0.3, -0.25) is 14.9 Å². The third-order valence-corrected chi connectivity index (χ3v) is 3.29. The number of nitro groups is 1. The summed E-state index contributed by atoms with van der Waals surface area (Å²) in [5.41, 5.74) is 2.21. The zero-order valence-electron chi connectivity index (χ0n) is 11.8. The van der Waals surface area contributed by atoms with Gasteiger partial charge in [-0.1, -0.05) is 6.07 Å². The fourth-order valence-corrected chi connectivity index (χ4v) is 2.32. The van der Waals surface area contributed by atoms with Crippen molar-refractivity contribution in [2.75, 3.05) is 13.7 Å². The molecule has 1 heterocycles. The van der Waals surface area contributed by atoms with Crippen molar-refractivity contribution in [1.82, 2.24) is 4.98 Å². The lowest BCUT2D eigenvalue weighted by atomic mass is 10.1. The number of carbonyl (C=O) groups is 1. The molecule has 0 aliphatic heterocycles. The van der Waals surface area contributed by atoms with E-state index in [1.54, 1.807) is 6.07 Å². The molecule has 2 aromatic rings. The highest BCUT2D eigenvalue weighted by Gasteiger charge is 2.18. The number of aromatic nitrogens is 1. The first kappa shape index (κ1) is 15.0. The Bertz CT molecular complexity index is 665. The third kappa shape index (κ3) is 3.19. The normalized spacial score (nSPS) is 12.3. The Morgan fingerprint density at radius 1 is 1.48 bits per heavy atom. The quantitative estimate of drug-likeness (QED) is 0.479. The van der Waals surface area contributed by atoms with Gasteiger partial charge in [-0.25, -0.2) is 0 Å². The van der Waals surface area contributed by atoms with Gasteiger partial charge >= 0.3 is 0 Å². The van der Waals surface area contributed by atoms with Gasteiger partial charge in [0.05, 0.1) is 11.5 Å². The zero-order chi connectivity index (χ0) is 15.4. The summed E-state index contributed by atoms with van der Waals surface area (Å²) in [7, 11) is 1.52. The minimum absolute atomic E-state index is 0.0291. The summed E-state index contributed by atoms with van der Waals surface area (Å²) in [6, 6.07) is 5.04. The van der Waals surface area contributed by atoms with Crippen LogP contribution in [-0.4, -0.2) is 36.2 Å². The van der Waals surface area contributed by atoms with E-state index in [4.69, 9.17) is 9.47 Å². The number of H-pyrrole nitrogens is 1. The van der Waals surface area contributed by atoms with Crippen LogP contribution in [0.3, 0.4) is 0 Å². The molecule has 0 amide bonds. The molecule has 0 saturated carbocycles. The van der Waals surface area contributed by atoms with E-state index < -0.39 is 11.0 Å². The summed E-state index contributed by atoms with van der Waals surface area (Å²) >= 11 is 0. The van der Waals surface area contributed by atoms with Crippen molar-refractivity contribution >= 4 is 23.1 Å². The predicted octanol–water partition coefficient (Wildman–Crippen LogP) is 2.12. The average molecular weight is 292 g/mol. The van der Waals surface area contributed by atoms with Crippen LogP contribution in [0.1, 0.15) is 11.3 Å². The molecular formula is C14H16N2O5. The summed E-state index contributed by atoms with van der Waals surface area (Å²) < 4.78 is 9.91. The molecule has 112 valence electrons. The number of nitro benzene ring substituents is 1. The molecule has 1 N–H and O–H groups in total. The highest BCUT2D eigenvalue weighted by molar-refractivity contribution is 5.91. The van der Waals surface area contributed by atoms with Crippen LogP contribution in [-0.2, 0) is 20.7 Å². The molecule has 0 aliphatic carbocycles. The number of aromatic amines is 1. The topological polar surface area (TPSA) is 94.5 Å². The fraction of sp³-hybridized carbons (Fsp3) is 0.357. The Kier molecular flexibility index (Phi) is 4.54. The molecule has 1 unspecified atom stereocenters. The molecule has 1 aromatic carbocycles. The Hall–Kier alpha value is -2.41. The minimum Gasteiger partial charge on any atom is -0.462 e. The number of rotatable bonds is 7. The van der Waals surface area contributed by atoms with E-state index in [0.717, 1.165) is 16.6 Å². The second-order valence-corrected chi connectivity index (χ2v) is 4.76. The van der Waals surface area contributed by atoms with Crippen molar-refractivity contribution in [2.45, 2.75) is 19.4 Å². The number of methoxy groups -OCH3 is 1. The molecule has 1 aromatic heterocycles. The average Bonchev–Trinajstić information content (AvgIpc) is 2.83. The van der Waals surface area contributed by atoms with Gasteiger partial charge in [0.1, 0.15) is 11.6 Å². The molecule has 0 aliphatic rings. The number of nitrogens with zero attached hydrogens (tertiary/aromatic N) is 1. The number of ether oxygens (including phenoxy) is 2. The largest absolute Gasteiger partial charge is 0.462 e. The van der Waals surface area contributed by atoms with Crippen molar-refractivity contribution in [2.24, 2.45) is 0 Å². The van der Waals surface area contributed by atoms with Crippen LogP contribution in [0, 0.1) is 17.0 Å². The zero-order valence-corrected chi connectivity index (χ0v) is 11.8. The van der Waals surface area contributed by atoms with Crippen LogP contribution in [0.4, 0.5) is 5.69 Å². The van der Waals surface area contributed by atoms with Crippen LogP contribution >= 0.6 is 0 Å². The van der Waals surface area contributed by atoms with Crippen molar-refractivity contribution in [3.8, 4) is 0 Å². The molecule has 1 atom stereocenters. The Morgan fingerprint density at radius 2 is 2.24 bits per heavy atom. The first-order valence-corrected chi connectivity index (χ1v) is 6.40. The number of hydrogen-bond donors (Lipinski definition) is 1. The third-order valence-electron chi connectivity index (χ3n) is 3.29. The number of carbonyl (C=O) groups excluding carboxylic acids is 1. The summed E-state index contributed by atoms with van der Waals surface area (Å²) in [5.74, 6) is 0. The number of non-ortho nitro benzene ring substituents is 1. The molecule has 0 bridgehead atoms. The fourth-order valence-electron chi connectivity index (χ4n) is 2.32. The van der Waals surface area contributed by atoms with Gasteiger partial charge in [0.15, 0.2) is 0 Å². The standard InChI is InChI=1S/C14H16N2O5/c1-9-3-4-13(16(18)19)14-12(9)6-10(15-14)5-11(7-20-2)21-8-17/h3-4,6,8,11,15H,5,7H2,1-2H3. The monoisotopic (exact) mass is 292 g/mol. The summed E-state index contributed by atoms with van der Waals surface area (Å²) in [6.07, 6.45) is -0.0300. The maximum absolute atomic E-state index is 11.1. The van der Waals surface area contributed by atoms with Crippen molar-refractivity contribution < 1.29 is 19.2 Å². The minimum atomic E-state index is -0.431. The molecule has 21 heavy (non-hydrogen) atoms. The summed E-state index contributed by atoms with van der Waals surface area (Å²) in [5, 5.41) is 11.9. The number of aryl methyl sites for hydroxylation is 1. The van der Waals surface area contributed by atoms with E-state index in [0.29, 0.717) is 18.4 Å². The van der Waals surface area contributed by atoms with Crippen LogP contribution < -0.4 is 0 Å². The van der Waals surface area contributed by atoms with Crippen LogP contribution in [0.2, 0.25) is 0 Å². The molecule has 0 saturated heterocycles. The van der Waals surface area contributed by atoms with Gasteiger partial charge < -0.3 is 14.5 Å². The lowest BCUT2D eigenvalue weighted by Crippen LogP contribution is -2.21. The number of benzene rings is 1. The molecule has 0 radical (unpaired) electrons. The van der Waals surface area contributed by atoms with Crippen LogP contribution in [0.15, 0.2) is 18.2 Å². The second kappa shape index (κ2) is 6.36. The molecule has 0 spiro atoms. The number of fused-ring (bicyclic) bond motifs is 1. The van der Waals surface area contributed by atoms with E-state index in [1.807, 2.05) is 13.0 Å². The maximum Gasteiger partial charge on any atom is 0.293 e. The smallest absolute Gasteiger partial charge is 0.293 e. The predicted molar refractivity (Wildman–Crippen MR) is 76.2 cm³/mol. The molecule has 7 heteroatoms. The summed E-state index contributed by atoms with van der Waals surface area (Å²) in [6.45, 7) is 2.52. The summed E-state index contributed by atoms with van der Waals surface area (Å²) in [4.78, 5) is 24.2. The Balaban J connectivity index is 2.37. The second-order valence-electron chi connectivity index (χ2n) is 4.76. The van der Waals surface area contributed by atoms with E-state index >= 15 is 0 Å².